The molecular formula is C58H20N6O8S2. The highest BCUT2D eigenvalue weighted by Crippen LogP contribution is 2.54. The maximum Gasteiger partial charge on any atom is 0.258 e. The van der Waals surface area contributed by atoms with Gasteiger partial charge >= 0.3 is 0 Å². The Morgan fingerprint density at radius 3 is 0.865 bits per heavy atom. The topological polar surface area (TPSA) is 232 Å². The zero-order valence-corrected chi connectivity index (χ0v) is 38.8. The van der Waals surface area contributed by atoms with E-state index in [4.69, 9.17) is 0 Å². The van der Waals surface area contributed by atoms with Crippen LogP contribution in [0.25, 0.3) is 117 Å². The van der Waals surface area contributed by atoms with Gasteiger partial charge in [0.15, 0.2) is 0 Å². The van der Waals surface area contributed by atoms with Crippen LogP contribution in [0.2, 0.25) is 0 Å². The average molecular weight is 993 g/mol. The molecule has 4 aliphatic rings. The molecule has 2 aromatic heterocycles. The lowest BCUT2D eigenvalue weighted by Crippen LogP contribution is -2.35. The van der Waals surface area contributed by atoms with Gasteiger partial charge < -0.3 is 0 Å². The van der Waals surface area contributed by atoms with Crippen molar-refractivity contribution in [2.24, 2.45) is 0 Å². The Labute approximate surface area is 419 Å². The van der Waals surface area contributed by atoms with Crippen molar-refractivity contribution in [3.8, 4) is 42.8 Å². The van der Waals surface area contributed by atoms with Crippen molar-refractivity contribution in [3.05, 3.63) is 153 Å². The first-order chi connectivity index (χ1) is 35.9. The van der Waals surface area contributed by atoms with Crippen LogP contribution in [0.3, 0.4) is 0 Å². The van der Waals surface area contributed by atoms with Crippen LogP contribution in [0.5, 0.6) is 0 Å². The van der Waals surface area contributed by atoms with E-state index in [1.54, 1.807) is 60.7 Å². The van der Waals surface area contributed by atoms with Crippen LogP contribution in [0, 0.1) is 22.7 Å². The quantitative estimate of drug-likeness (QED) is 0.0743. The van der Waals surface area contributed by atoms with E-state index >= 15 is 0 Å². The van der Waals surface area contributed by atoms with Crippen LogP contribution in [0.4, 0.5) is 0 Å². The number of rotatable bonds is 3. The molecule has 0 radical (unpaired) electrons. The Balaban J connectivity index is 0.953. The Morgan fingerprint density at radius 1 is 0.270 bits per heavy atom. The van der Waals surface area contributed by atoms with Crippen molar-refractivity contribution in [2.75, 3.05) is 0 Å². The number of thiophene rings is 2. The standard InChI is InChI=1S/C58H20N6O8S2/c59-17-19-13-31-43-25(51(65)61-55(31)69)7-3-23-41-29(15-33-45-27(53(67)63-57(33)71)5-1-21(49(41)45)39(19)47(23)43)35-9-11-37(73-35)38-12-10-36(74-38)30-16-34-46-28(54(68)64-58(34)72)6-2-22-40-20(18-60)14-32-44-26(52(66)62-56(32)70)8-4-24(48(40)44)42(30)50(22)46/h1-16H,(H,61,65,69)(H,62,66,70)(H,63,67,71)(H,64,68,72). The minimum absolute atomic E-state index is 0.184. The predicted molar refractivity (Wildman–Crippen MR) is 278 cm³/mol. The molecule has 8 amide bonds. The first-order valence-corrected chi connectivity index (χ1v) is 24.6. The summed E-state index contributed by atoms with van der Waals surface area (Å²) in [5.74, 6) is -4.68. The van der Waals surface area contributed by atoms with Crippen LogP contribution in [-0.2, 0) is 0 Å². The van der Waals surface area contributed by atoms with E-state index in [0.29, 0.717) is 97.3 Å². The predicted octanol–water partition coefficient (Wildman–Crippen LogP) is 10.2. The highest BCUT2D eigenvalue weighted by molar-refractivity contribution is 7.25. The maximum absolute atomic E-state index is 13.9. The normalized spacial score (nSPS) is 14.8. The van der Waals surface area contributed by atoms with Gasteiger partial charge in [-0.25, -0.2) is 0 Å². The van der Waals surface area contributed by atoms with Crippen LogP contribution < -0.4 is 21.3 Å². The van der Waals surface area contributed by atoms with E-state index in [1.807, 2.05) is 24.3 Å². The summed E-state index contributed by atoms with van der Waals surface area (Å²) in [4.78, 5) is 111. The number of carbonyl (C=O) groups excluding carboxylic acids is 8. The van der Waals surface area contributed by atoms with E-state index in [1.165, 1.54) is 34.8 Å². The van der Waals surface area contributed by atoms with Crippen LogP contribution in [0.1, 0.15) is 94.0 Å². The first kappa shape index (κ1) is 40.5. The summed E-state index contributed by atoms with van der Waals surface area (Å²) >= 11 is 2.90. The number of hydrogen-bond donors (Lipinski definition) is 4. The van der Waals surface area contributed by atoms with Gasteiger partial charge in [-0.3, -0.25) is 59.6 Å². The fraction of sp³-hybridized carbons (Fsp3) is 0. The molecule has 10 aromatic carbocycles. The molecule has 12 aromatic rings. The highest BCUT2D eigenvalue weighted by atomic mass is 32.1. The largest absolute Gasteiger partial charge is 0.288 e. The smallest absolute Gasteiger partial charge is 0.258 e. The number of benzene rings is 10. The number of nitrogens with zero attached hydrogens (tertiary/aromatic N) is 2. The fourth-order valence-corrected chi connectivity index (χ4v) is 14.6. The highest BCUT2D eigenvalue weighted by Gasteiger charge is 2.36. The maximum atomic E-state index is 13.9. The van der Waals surface area contributed by atoms with Crippen LogP contribution >= 0.6 is 22.7 Å². The number of nitriles is 2. The van der Waals surface area contributed by atoms with Gasteiger partial charge in [0.1, 0.15) is 0 Å². The SMILES string of the molecule is N#Cc1cc2c3c(ccc4c5c(-c6ccc(-c7ccc(-c8cc9c%10c(ccc%11c%12c(C#N)cc%13c%14c(ccc(c8c%10%11)c%14%12)C(=O)NC%13=O)C(=O)NC9=O)s7)s6)cc6c7c(ccc(c1c34)c75)C(=O)NC6=O)C(=O)NC2=O. The molecule has 6 heterocycles. The molecule has 4 aliphatic heterocycles. The molecular weight excluding hydrogens is 973 g/mol. The molecule has 4 N–H and O–H groups in total. The van der Waals surface area contributed by atoms with Crippen LogP contribution in [-0.4, -0.2) is 47.3 Å². The van der Waals surface area contributed by atoms with Crippen molar-refractivity contribution in [1.82, 2.24) is 21.3 Å². The molecule has 0 saturated carbocycles. The Hall–Kier alpha value is -10.3. The molecule has 0 bridgehead atoms. The van der Waals surface area contributed by atoms with Gasteiger partial charge in [0.25, 0.3) is 47.3 Å². The first-order valence-electron chi connectivity index (χ1n) is 22.9. The average Bonchev–Trinajstić information content (AvgIpc) is 4.10. The molecule has 0 atom stereocenters. The molecule has 74 heavy (non-hydrogen) atoms. The van der Waals surface area contributed by atoms with Crippen molar-refractivity contribution < 1.29 is 38.4 Å². The van der Waals surface area contributed by atoms with Crippen molar-refractivity contribution in [2.45, 2.75) is 0 Å². The summed E-state index contributed by atoms with van der Waals surface area (Å²) < 4.78 is 0. The second-order valence-electron chi connectivity index (χ2n) is 18.7. The van der Waals surface area contributed by atoms with Gasteiger partial charge in [-0.05, 0) is 116 Å². The monoisotopic (exact) mass is 992 g/mol. The summed E-state index contributed by atoms with van der Waals surface area (Å²) in [7, 11) is 0. The van der Waals surface area contributed by atoms with Crippen LogP contribution in [0.15, 0.2) is 97.1 Å². The molecule has 0 saturated heterocycles. The van der Waals surface area contributed by atoms with E-state index in [-0.39, 0.29) is 55.6 Å². The molecule has 0 unspecified atom stereocenters. The van der Waals surface area contributed by atoms with Gasteiger partial charge in [-0.2, -0.15) is 10.5 Å². The van der Waals surface area contributed by atoms with Gasteiger partial charge in [0, 0.05) is 118 Å². The Morgan fingerprint density at radius 2 is 0.541 bits per heavy atom. The summed E-state index contributed by atoms with van der Waals surface area (Å²) in [5.41, 5.74) is 3.69. The third kappa shape index (κ3) is 4.72. The lowest BCUT2D eigenvalue weighted by Gasteiger charge is -2.25. The van der Waals surface area contributed by atoms with Gasteiger partial charge in [-0.1, -0.05) is 24.3 Å². The van der Waals surface area contributed by atoms with Gasteiger partial charge in [0.2, 0.25) is 0 Å². The molecule has 342 valence electrons. The number of hydrogen-bond acceptors (Lipinski definition) is 12. The molecule has 0 spiro atoms. The van der Waals surface area contributed by atoms with Gasteiger partial charge in [-0.15, -0.1) is 22.7 Å². The molecule has 16 rings (SSSR count). The van der Waals surface area contributed by atoms with E-state index in [9.17, 15) is 48.9 Å². The lowest BCUT2D eigenvalue weighted by molar-refractivity contribution is 0.0828. The molecule has 0 aliphatic carbocycles. The minimum atomic E-state index is -0.626. The second kappa shape index (κ2) is 13.4. The number of fused-ring (bicyclic) bond motifs is 4. The second-order valence-corrected chi connectivity index (χ2v) is 20.9. The number of amides is 8. The lowest BCUT2D eigenvalue weighted by atomic mass is 9.79. The van der Waals surface area contributed by atoms with E-state index < -0.39 is 47.3 Å². The Bertz CT molecular complexity index is 4790. The van der Waals surface area contributed by atoms with Gasteiger partial charge in [0.05, 0.1) is 23.3 Å². The fourth-order valence-electron chi connectivity index (χ4n) is 12.4. The summed E-state index contributed by atoms with van der Waals surface area (Å²) in [6, 6.07) is 32.5. The summed E-state index contributed by atoms with van der Waals surface area (Å²) in [6.45, 7) is 0. The minimum Gasteiger partial charge on any atom is -0.288 e. The number of nitrogens with one attached hydrogen (secondary N) is 4. The van der Waals surface area contributed by atoms with E-state index in [2.05, 4.69) is 33.4 Å². The number of carbonyl (C=O) groups is 8. The third-order valence-corrected chi connectivity index (χ3v) is 17.7. The molecule has 14 nitrogen and oxygen atoms in total. The number of imide groups is 4. The van der Waals surface area contributed by atoms with Crippen molar-refractivity contribution >= 4 is 156 Å². The van der Waals surface area contributed by atoms with Crippen molar-refractivity contribution in [1.29, 1.82) is 10.5 Å². The zero-order valence-electron chi connectivity index (χ0n) is 37.2. The summed E-state index contributed by atoms with van der Waals surface area (Å²) in [6.07, 6.45) is 0. The van der Waals surface area contributed by atoms with Crippen molar-refractivity contribution in [3.63, 3.8) is 0 Å². The summed E-state index contributed by atoms with van der Waals surface area (Å²) in [5, 5.41) is 39.6. The molecule has 0 fully saturated rings. The van der Waals surface area contributed by atoms with E-state index in [0.717, 1.165) is 19.5 Å². The third-order valence-electron chi connectivity index (χ3n) is 15.3. The Kier molecular flexibility index (Phi) is 7.31. The molecule has 16 heteroatoms. The zero-order chi connectivity index (χ0) is 50.1.